The number of likely N-dealkylation sites (tertiary alicyclic amines) is 2. The molecule has 3 aliphatic heterocycles. The zero-order valence-electron chi connectivity index (χ0n) is 27.7. The summed E-state index contributed by atoms with van der Waals surface area (Å²) in [5.41, 5.74) is 3.02. The molecule has 1 N–H and O–H groups in total. The maximum Gasteiger partial charge on any atom is 0.254 e. The molecule has 2 aromatic carbocycles. The molecule has 0 saturated carbocycles. The Morgan fingerprint density at radius 1 is 1.04 bits per heavy atom. The summed E-state index contributed by atoms with van der Waals surface area (Å²) in [6.45, 7) is 11.6. The van der Waals surface area contributed by atoms with Gasteiger partial charge in [0.15, 0.2) is 0 Å². The van der Waals surface area contributed by atoms with E-state index in [1.807, 2.05) is 43.3 Å². The SMILES string of the molecule is CC(C)c1ccc(-c2ccc(Oc3cc(C(=O)NC4CCN(CC5CCOCC5)CC4)c(F)cc3CN3C[C@@H](C)CC3=O)cc2)nn1. The number of hydrogen-bond acceptors (Lipinski definition) is 7. The van der Waals surface area contributed by atoms with E-state index < -0.39 is 11.7 Å². The normalized spacial score (nSPS) is 19.8. The lowest BCUT2D eigenvalue weighted by molar-refractivity contribution is -0.128. The lowest BCUT2D eigenvalue weighted by Gasteiger charge is -2.35. The molecule has 4 heterocycles. The van der Waals surface area contributed by atoms with Crippen LogP contribution in [0.1, 0.15) is 80.4 Å². The van der Waals surface area contributed by atoms with Crippen LogP contribution in [0.15, 0.2) is 48.5 Å². The lowest BCUT2D eigenvalue weighted by Crippen LogP contribution is -2.46. The fraction of sp³-hybridized carbons (Fsp3) is 0.514. The first-order chi connectivity index (χ1) is 22.7. The van der Waals surface area contributed by atoms with Gasteiger partial charge in [0.05, 0.1) is 17.0 Å². The van der Waals surface area contributed by atoms with E-state index in [0.717, 1.165) is 75.5 Å². The molecule has 9 nitrogen and oxygen atoms in total. The molecule has 0 bridgehead atoms. The highest BCUT2D eigenvalue weighted by Crippen LogP contribution is 2.32. The summed E-state index contributed by atoms with van der Waals surface area (Å²) in [7, 11) is 0. The second kappa shape index (κ2) is 14.9. The Morgan fingerprint density at radius 3 is 2.43 bits per heavy atom. The van der Waals surface area contributed by atoms with Crippen molar-refractivity contribution in [3.63, 3.8) is 0 Å². The number of nitrogens with one attached hydrogen (secondary N) is 1. The van der Waals surface area contributed by atoms with Crippen molar-refractivity contribution in [2.75, 3.05) is 39.4 Å². The number of ether oxygens (including phenoxy) is 2. The first kappa shape index (κ1) is 33.0. The van der Waals surface area contributed by atoms with E-state index in [1.165, 1.54) is 12.1 Å². The van der Waals surface area contributed by atoms with Gasteiger partial charge in [-0.05, 0) is 92.0 Å². The van der Waals surface area contributed by atoms with Crippen LogP contribution in [-0.2, 0) is 16.1 Å². The molecule has 0 unspecified atom stereocenters. The molecule has 3 aromatic rings. The molecule has 2 amide bonds. The van der Waals surface area contributed by atoms with E-state index in [0.29, 0.717) is 41.9 Å². The topological polar surface area (TPSA) is 96.9 Å². The second-order valence-corrected chi connectivity index (χ2v) is 13.8. The minimum atomic E-state index is -0.625. The zero-order valence-corrected chi connectivity index (χ0v) is 27.7. The van der Waals surface area contributed by atoms with Crippen LogP contribution in [0, 0.1) is 17.7 Å². The van der Waals surface area contributed by atoms with Crippen LogP contribution in [0.5, 0.6) is 11.5 Å². The molecule has 0 aliphatic carbocycles. The van der Waals surface area contributed by atoms with Crippen LogP contribution in [0.3, 0.4) is 0 Å². The summed E-state index contributed by atoms with van der Waals surface area (Å²) in [5.74, 6) is 1.02. The van der Waals surface area contributed by atoms with Gasteiger partial charge in [-0.15, -0.1) is 0 Å². The molecule has 0 radical (unpaired) electrons. The van der Waals surface area contributed by atoms with E-state index in [1.54, 1.807) is 4.90 Å². The van der Waals surface area contributed by atoms with Gasteiger partial charge in [-0.2, -0.15) is 10.2 Å². The number of carbonyl (C=O) groups is 2. The van der Waals surface area contributed by atoms with Gasteiger partial charge in [0, 0.05) is 69.5 Å². The monoisotopic (exact) mass is 643 g/mol. The summed E-state index contributed by atoms with van der Waals surface area (Å²) < 4.78 is 27.4. The Hall–Kier alpha value is -3.89. The minimum Gasteiger partial charge on any atom is -0.457 e. The van der Waals surface area contributed by atoms with Gasteiger partial charge < -0.3 is 24.6 Å². The molecule has 250 valence electrons. The summed E-state index contributed by atoms with van der Waals surface area (Å²) in [6.07, 6.45) is 4.32. The quantitative estimate of drug-likeness (QED) is 0.282. The number of amides is 2. The fourth-order valence-electron chi connectivity index (χ4n) is 6.76. The molecule has 1 atom stereocenters. The van der Waals surface area contributed by atoms with Gasteiger partial charge in [0.2, 0.25) is 5.91 Å². The van der Waals surface area contributed by atoms with Crippen molar-refractivity contribution in [3.8, 4) is 22.8 Å². The van der Waals surface area contributed by atoms with Crippen molar-refractivity contribution in [2.24, 2.45) is 11.8 Å². The third-order valence-electron chi connectivity index (χ3n) is 9.60. The van der Waals surface area contributed by atoms with Gasteiger partial charge in [-0.3, -0.25) is 9.59 Å². The number of aromatic nitrogens is 2. The van der Waals surface area contributed by atoms with Crippen LogP contribution >= 0.6 is 0 Å². The number of rotatable bonds is 10. The molecule has 10 heteroatoms. The van der Waals surface area contributed by atoms with Crippen LogP contribution in [0.25, 0.3) is 11.3 Å². The number of benzene rings is 2. The molecule has 3 aliphatic rings. The van der Waals surface area contributed by atoms with Crippen molar-refractivity contribution < 1.29 is 23.5 Å². The Bertz CT molecular complexity index is 1530. The third-order valence-corrected chi connectivity index (χ3v) is 9.60. The molecule has 6 rings (SSSR count). The van der Waals surface area contributed by atoms with Gasteiger partial charge in [-0.25, -0.2) is 4.39 Å². The van der Waals surface area contributed by atoms with E-state index in [-0.39, 0.29) is 30.0 Å². The summed E-state index contributed by atoms with van der Waals surface area (Å²) in [5, 5.41) is 11.8. The van der Waals surface area contributed by atoms with E-state index in [9.17, 15) is 9.59 Å². The predicted octanol–water partition coefficient (Wildman–Crippen LogP) is 6.19. The van der Waals surface area contributed by atoms with Crippen molar-refractivity contribution in [3.05, 3.63) is 71.2 Å². The standard InChI is InChI=1S/C37H46FN5O4/c1-24(2)33-8-9-34(41-40-33)27-4-6-30(7-5-27)47-35-20-31(32(38)19-28(35)23-43-21-25(3)18-36(43)44)37(45)39-29-10-14-42(15-11-29)22-26-12-16-46-17-13-26/h4-9,19-20,24-26,29H,10-18,21-23H2,1-3H3,(H,39,45)/t25-/m0/s1. The van der Waals surface area contributed by atoms with Gasteiger partial charge >= 0.3 is 0 Å². The van der Waals surface area contributed by atoms with E-state index in [2.05, 4.69) is 34.3 Å². The summed E-state index contributed by atoms with van der Waals surface area (Å²) in [6, 6.07) is 14.2. The Balaban J connectivity index is 1.16. The highest BCUT2D eigenvalue weighted by Gasteiger charge is 2.29. The molecule has 47 heavy (non-hydrogen) atoms. The fourth-order valence-corrected chi connectivity index (χ4v) is 6.76. The van der Waals surface area contributed by atoms with Crippen LogP contribution in [0.4, 0.5) is 4.39 Å². The second-order valence-electron chi connectivity index (χ2n) is 13.8. The van der Waals surface area contributed by atoms with Crippen LogP contribution in [0.2, 0.25) is 0 Å². The number of carbonyl (C=O) groups excluding carboxylic acids is 2. The van der Waals surface area contributed by atoms with Gasteiger partial charge in [0.25, 0.3) is 5.91 Å². The number of halogens is 1. The number of nitrogens with zero attached hydrogens (tertiary/aromatic N) is 4. The highest BCUT2D eigenvalue weighted by molar-refractivity contribution is 5.95. The smallest absolute Gasteiger partial charge is 0.254 e. The first-order valence-corrected chi connectivity index (χ1v) is 17.0. The Kier molecular flexibility index (Phi) is 10.5. The minimum absolute atomic E-state index is 0.0224. The molecule has 3 fully saturated rings. The summed E-state index contributed by atoms with van der Waals surface area (Å²) >= 11 is 0. The van der Waals surface area contributed by atoms with Crippen molar-refractivity contribution in [2.45, 2.75) is 71.4 Å². The van der Waals surface area contributed by atoms with Crippen LogP contribution in [-0.4, -0.2) is 77.2 Å². The molecular formula is C37H46FN5O4. The lowest BCUT2D eigenvalue weighted by atomic mass is 9.97. The van der Waals surface area contributed by atoms with Gasteiger partial charge in [-0.1, -0.05) is 20.8 Å². The maximum absolute atomic E-state index is 15.6. The molecule has 3 saturated heterocycles. The Morgan fingerprint density at radius 2 is 1.79 bits per heavy atom. The summed E-state index contributed by atoms with van der Waals surface area (Å²) in [4.78, 5) is 30.3. The van der Waals surface area contributed by atoms with Crippen molar-refractivity contribution in [1.29, 1.82) is 0 Å². The Labute approximate surface area is 276 Å². The third kappa shape index (κ3) is 8.34. The molecule has 0 spiro atoms. The average Bonchev–Trinajstić information content (AvgIpc) is 3.39. The number of piperidine rings is 1. The van der Waals surface area contributed by atoms with E-state index in [4.69, 9.17) is 9.47 Å². The van der Waals surface area contributed by atoms with E-state index >= 15 is 4.39 Å². The first-order valence-electron chi connectivity index (χ1n) is 17.0. The average molecular weight is 644 g/mol. The highest BCUT2D eigenvalue weighted by atomic mass is 19.1. The largest absolute Gasteiger partial charge is 0.457 e. The maximum atomic E-state index is 15.6. The zero-order chi connectivity index (χ0) is 32.9. The van der Waals surface area contributed by atoms with Crippen molar-refractivity contribution in [1.82, 2.24) is 25.3 Å². The molecule has 1 aromatic heterocycles. The van der Waals surface area contributed by atoms with Gasteiger partial charge in [0.1, 0.15) is 17.3 Å². The molecular weight excluding hydrogens is 597 g/mol. The predicted molar refractivity (Wildman–Crippen MR) is 178 cm³/mol. The van der Waals surface area contributed by atoms with Crippen LogP contribution < -0.4 is 10.1 Å². The number of hydrogen-bond donors (Lipinski definition) is 1. The van der Waals surface area contributed by atoms with Crippen molar-refractivity contribution >= 4 is 11.8 Å².